The third-order valence-electron chi connectivity index (χ3n) is 3.93. The number of nitrogens with one attached hydrogen (secondary N) is 2. The van der Waals surface area contributed by atoms with Gasteiger partial charge in [-0.3, -0.25) is 4.79 Å². The molecule has 2 aromatic carbocycles. The van der Waals surface area contributed by atoms with E-state index in [1.807, 2.05) is 43.3 Å². The predicted octanol–water partition coefficient (Wildman–Crippen LogP) is 3.96. The van der Waals surface area contributed by atoms with Gasteiger partial charge in [0.05, 0.1) is 4.88 Å². The largest absolute Gasteiger partial charge is 0.489 e. The van der Waals surface area contributed by atoms with E-state index in [0.29, 0.717) is 34.7 Å². The van der Waals surface area contributed by atoms with Crippen molar-refractivity contribution >= 4 is 27.3 Å². The third-order valence-corrected chi connectivity index (χ3v) is 5.13. The van der Waals surface area contributed by atoms with Gasteiger partial charge < -0.3 is 15.4 Å². The van der Waals surface area contributed by atoms with Crippen molar-refractivity contribution in [3.63, 3.8) is 0 Å². The van der Waals surface area contributed by atoms with E-state index in [-0.39, 0.29) is 18.3 Å². The van der Waals surface area contributed by atoms with Crippen LogP contribution in [0.2, 0.25) is 0 Å². The van der Waals surface area contributed by atoms with E-state index in [9.17, 15) is 9.18 Å². The SMILES string of the molecule is CCNCCNC(=O)c1sc2cccc(F)c2c1COc1ccccc1. The zero-order chi connectivity index (χ0) is 18.4. The summed E-state index contributed by atoms with van der Waals surface area (Å²) in [6, 6.07) is 14.2. The van der Waals surface area contributed by atoms with Crippen molar-refractivity contribution in [1.29, 1.82) is 0 Å². The monoisotopic (exact) mass is 372 g/mol. The number of likely N-dealkylation sites (N-methyl/N-ethyl adjacent to an activating group) is 1. The molecule has 0 bridgehead atoms. The van der Waals surface area contributed by atoms with Gasteiger partial charge in [0.2, 0.25) is 0 Å². The summed E-state index contributed by atoms with van der Waals surface area (Å²) in [5, 5.41) is 6.50. The van der Waals surface area contributed by atoms with E-state index in [0.717, 1.165) is 11.2 Å². The number of halogens is 1. The highest BCUT2D eigenvalue weighted by molar-refractivity contribution is 7.21. The molecule has 0 spiro atoms. The van der Waals surface area contributed by atoms with Crippen LogP contribution in [0.3, 0.4) is 0 Å². The van der Waals surface area contributed by atoms with Crippen LogP contribution in [0.15, 0.2) is 48.5 Å². The second kappa shape index (κ2) is 8.78. The Morgan fingerprint density at radius 1 is 1.12 bits per heavy atom. The van der Waals surface area contributed by atoms with Gasteiger partial charge in [-0.15, -0.1) is 11.3 Å². The van der Waals surface area contributed by atoms with Crippen molar-refractivity contribution in [3.8, 4) is 5.75 Å². The number of hydrogen-bond acceptors (Lipinski definition) is 4. The van der Waals surface area contributed by atoms with Crippen molar-refractivity contribution in [2.75, 3.05) is 19.6 Å². The summed E-state index contributed by atoms with van der Waals surface area (Å²) in [6.45, 7) is 4.20. The summed E-state index contributed by atoms with van der Waals surface area (Å²) < 4.78 is 21.0. The smallest absolute Gasteiger partial charge is 0.261 e. The number of para-hydroxylation sites is 1. The molecule has 1 aromatic heterocycles. The minimum atomic E-state index is -0.336. The highest BCUT2D eigenvalue weighted by Crippen LogP contribution is 2.34. The summed E-state index contributed by atoms with van der Waals surface area (Å²) in [7, 11) is 0. The van der Waals surface area contributed by atoms with E-state index in [2.05, 4.69) is 10.6 Å². The molecule has 3 aromatic rings. The molecule has 0 radical (unpaired) electrons. The first-order valence-corrected chi connectivity index (χ1v) is 9.39. The van der Waals surface area contributed by atoms with Crippen LogP contribution in [0.4, 0.5) is 4.39 Å². The Labute approximate surface area is 156 Å². The number of benzene rings is 2. The number of ether oxygens (including phenoxy) is 1. The molecule has 1 amide bonds. The predicted molar refractivity (Wildman–Crippen MR) is 103 cm³/mol. The molecule has 0 aliphatic carbocycles. The summed E-state index contributed by atoms with van der Waals surface area (Å²) in [5.74, 6) is 0.147. The van der Waals surface area contributed by atoms with E-state index in [4.69, 9.17) is 4.74 Å². The van der Waals surface area contributed by atoms with Crippen LogP contribution in [0.25, 0.3) is 10.1 Å². The van der Waals surface area contributed by atoms with Crippen molar-refractivity contribution in [1.82, 2.24) is 10.6 Å². The fourth-order valence-electron chi connectivity index (χ4n) is 2.68. The first-order valence-electron chi connectivity index (χ1n) is 8.57. The zero-order valence-corrected chi connectivity index (χ0v) is 15.4. The van der Waals surface area contributed by atoms with Crippen LogP contribution in [-0.4, -0.2) is 25.5 Å². The van der Waals surface area contributed by atoms with Crippen LogP contribution < -0.4 is 15.4 Å². The molecule has 0 fully saturated rings. The maximum absolute atomic E-state index is 14.4. The van der Waals surface area contributed by atoms with Gasteiger partial charge in [-0.25, -0.2) is 4.39 Å². The lowest BCUT2D eigenvalue weighted by atomic mass is 10.1. The molecule has 136 valence electrons. The third kappa shape index (κ3) is 4.20. The zero-order valence-electron chi connectivity index (χ0n) is 14.5. The molecule has 0 aliphatic heterocycles. The molecule has 0 atom stereocenters. The highest BCUT2D eigenvalue weighted by atomic mass is 32.1. The molecule has 0 saturated heterocycles. The molecular formula is C20H21FN2O2S. The fourth-order valence-corrected chi connectivity index (χ4v) is 3.82. The maximum Gasteiger partial charge on any atom is 0.261 e. The van der Waals surface area contributed by atoms with E-state index in [1.54, 1.807) is 6.07 Å². The number of rotatable bonds is 8. The topological polar surface area (TPSA) is 50.4 Å². The van der Waals surface area contributed by atoms with Gasteiger partial charge >= 0.3 is 0 Å². The molecule has 0 saturated carbocycles. The highest BCUT2D eigenvalue weighted by Gasteiger charge is 2.21. The standard InChI is InChI=1S/C20H21FN2O2S/c1-2-22-11-12-23-20(24)19-15(13-25-14-7-4-3-5-8-14)18-16(21)9-6-10-17(18)26-19/h3-10,22H,2,11-13H2,1H3,(H,23,24). The lowest BCUT2D eigenvalue weighted by Gasteiger charge is -2.09. The molecule has 0 aliphatic rings. The summed E-state index contributed by atoms with van der Waals surface area (Å²) in [5.41, 5.74) is 0.591. The van der Waals surface area contributed by atoms with Crippen molar-refractivity contribution in [3.05, 3.63) is 64.8 Å². The number of hydrogen-bond donors (Lipinski definition) is 2. The van der Waals surface area contributed by atoms with Crippen molar-refractivity contribution in [2.24, 2.45) is 0 Å². The molecule has 0 unspecified atom stereocenters. The second-order valence-corrected chi connectivity index (χ2v) is 6.79. The normalized spacial score (nSPS) is 10.8. The van der Waals surface area contributed by atoms with Crippen LogP contribution in [0.5, 0.6) is 5.75 Å². The Morgan fingerprint density at radius 2 is 1.92 bits per heavy atom. The van der Waals surface area contributed by atoms with E-state index < -0.39 is 0 Å². The second-order valence-electron chi connectivity index (χ2n) is 5.73. The Morgan fingerprint density at radius 3 is 2.69 bits per heavy atom. The van der Waals surface area contributed by atoms with Gasteiger partial charge in [0.15, 0.2) is 0 Å². The van der Waals surface area contributed by atoms with Crippen LogP contribution in [0.1, 0.15) is 22.2 Å². The number of thiophene rings is 1. The Balaban J connectivity index is 1.86. The quantitative estimate of drug-likeness (QED) is 0.589. The first kappa shape index (κ1) is 18.4. The minimum absolute atomic E-state index is 0.140. The van der Waals surface area contributed by atoms with Crippen LogP contribution in [-0.2, 0) is 6.61 Å². The van der Waals surface area contributed by atoms with Crippen LogP contribution in [0, 0.1) is 5.82 Å². The molecule has 2 N–H and O–H groups in total. The lowest BCUT2D eigenvalue weighted by Crippen LogP contribution is -2.31. The van der Waals surface area contributed by atoms with E-state index >= 15 is 0 Å². The molecule has 4 nitrogen and oxygen atoms in total. The van der Waals surface area contributed by atoms with Gasteiger partial charge in [-0.05, 0) is 30.8 Å². The summed E-state index contributed by atoms with van der Waals surface area (Å²) in [6.07, 6.45) is 0. The van der Waals surface area contributed by atoms with Gasteiger partial charge in [-0.1, -0.05) is 31.2 Å². The Hall–Kier alpha value is -2.44. The number of carbonyl (C=O) groups is 1. The molecule has 6 heteroatoms. The van der Waals surface area contributed by atoms with Crippen molar-refractivity contribution < 1.29 is 13.9 Å². The van der Waals surface area contributed by atoms with Gasteiger partial charge in [0.1, 0.15) is 18.2 Å². The first-order chi connectivity index (χ1) is 12.7. The number of carbonyl (C=O) groups excluding carboxylic acids is 1. The summed E-state index contributed by atoms with van der Waals surface area (Å²) in [4.78, 5) is 13.1. The fraction of sp³-hybridized carbons (Fsp3) is 0.250. The van der Waals surface area contributed by atoms with Gasteiger partial charge in [-0.2, -0.15) is 0 Å². The maximum atomic E-state index is 14.4. The Bertz CT molecular complexity index is 880. The average molecular weight is 372 g/mol. The lowest BCUT2D eigenvalue weighted by molar-refractivity contribution is 0.0956. The number of amides is 1. The van der Waals surface area contributed by atoms with Crippen LogP contribution >= 0.6 is 11.3 Å². The summed E-state index contributed by atoms with van der Waals surface area (Å²) >= 11 is 1.29. The van der Waals surface area contributed by atoms with Crippen molar-refractivity contribution in [2.45, 2.75) is 13.5 Å². The van der Waals surface area contributed by atoms with E-state index in [1.165, 1.54) is 17.4 Å². The minimum Gasteiger partial charge on any atom is -0.489 e. The number of fused-ring (bicyclic) bond motifs is 1. The van der Waals surface area contributed by atoms with Gasteiger partial charge in [0, 0.05) is 28.7 Å². The molecule has 1 heterocycles. The average Bonchev–Trinajstić information content (AvgIpc) is 3.04. The van der Waals surface area contributed by atoms with Gasteiger partial charge in [0.25, 0.3) is 5.91 Å². The Kier molecular flexibility index (Phi) is 6.20. The molecule has 26 heavy (non-hydrogen) atoms. The molecular weight excluding hydrogens is 351 g/mol. The molecule has 3 rings (SSSR count).